The number of H-pyrrole nitrogens is 1. The van der Waals surface area contributed by atoms with Crippen molar-refractivity contribution in [2.75, 3.05) is 36.9 Å². The monoisotopic (exact) mass is 1220 g/mol. The normalized spacial score (nSPS) is 23.3. The summed E-state index contributed by atoms with van der Waals surface area (Å²) in [5.41, 5.74) is 20.7. The molecule has 83 heavy (non-hydrogen) atoms. The molecule has 0 saturated carbocycles. The van der Waals surface area contributed by atoms with Gasteiger partial charge < -0.3 is 69.6 Å². The first-order chi connectivity index (χ1) is 40.0. The van der Waals surface area contributed by atoms with Crippen molar-refractivity contribution in [3.8, 4) is 0 Å². The molecule has 15 N–H and O–H groups in total. The lowest BCUT2D eigenvalue weighted by molar-refractivity contribution is -0.139. The lowest BCUT2D eigenvalue weighted by atomic mass is 10.0. The Bertz CT molecular complexity index is 2900. The summed E-state index contributed by atoms with van der Waals surface area (Å²) in [6, 6.07) is 8.70. The van der Waals surface area contributed by atoms with E-state index in [1.807, 2.05) is 31.2 Å². The number of unbranched alkanes of at least 4 members (excludes halogenated alkanes) is 2. The summed E-state index contributed by atoms with van der Waals surface area (Å²) in [4.78, 5) is 140. The van der Waals surface area contributed by atoms with E-state index in [4.69, 9.17) is 17.2 Å². The molecule has 448 valence electrons. The maximum atomic E-state index is 14.9. The minimum atomic E-state index is -1.34. The molecule has 0 aliphatic carbocycles. The molecule has 28 heteroatoms. The molecule has 0 unspecified atom stereocenters. The molecule has 7 rings (SSSR count). The van der Waals surface area contributed by atoms with E-state index in [9.17, 15) is 43.2 Å². The number of benzene rings is 2. The number of para-hydroxylation sites is 1. The summed E-state index contributed by atoms with van der Waals surface area (Å²) in [5, 5.41) is 24.1. The van der Waals surface area contributed by atoms with Gasteiger partial charge >= 0.3 is 6.03 Å². The second kappa shape index (κ2) is 32.1. The van der Waals surface area contributed by atoms with E-state index in [1.165, 1.54) is 37.8 Å². The van der Waals surface area contributed by atoms with Crippen LogP contribution in [0.4, 0.5) is 4.79 Å². The Labute approximate surface area is 497 Å². The Hall–Kier alpha value is -7.04. The molecule has 5 heterocycles. The Morgan fingerprint density at radius 2 is 1.49 bits per heavy atom. The van der Waals surface area contributed by atoms with Gasteiger partial charge in [0.2, 0.25) is 47.3 Å². The zero-order chi connectivity index (χ0) is 59.3. The number of amides is 10. The number of rotatable bonds is 23. The number of aromatic nitrogens is 2. The molecule has 3 aliphatic heterocycles. The topological polar surface area (TPSA) is 372 Å². The predicted molar refractivity (Wildman–Crippen MR) is 324 cm³/mol. The van der Waals surface area contributed by atoms with Gasteiger partial charge in [-0.05, 0) is 49.3 Å². The zero-order valence-electron chi connectivity index (χ0n) is 46.2. The van der Waals surface area contributed by atoms with Crippen LogP contribution in [-0.2, 0) is 57.6 Å². The van der Waals surface area contributed by atoms with Crippen LogP contribution in [-0.4, -0.2) is 165 Å². The van der Waals surface area contributed by atoms with Gasteiger partial charge in [0.15, 0.2) is 5.96 Å². The van der Waals surface area contributed by atoms with E-state index in [2.05, 4.69) is 57.5 Å². The van der Waals surface area contributed by atoms with Crippen LogP contribution in [0.15, 0.2) is 77.5 Å². The molecule has 10 amide bonds. The minimum absolute atomic E-state index is 0.0189. The third-order valence-electron chi connectivity index (χ3n) is 14.4. The maximum Gasteiger partial charge on any atom is 0.315 e. The molecular formula is C55H75N15O9S4. The van der Waals surface area contributed by atoms with E-state index in [0.29, 0.717) is 35.3 Å². The number of thioether (sulfide) groups is 1. The van der Waals surface area contributed by atoms with Crippen molar-refractivity contribution >= 4 is 115 Å². The van der Waals surface area contributed by atoms with Gasteiger partial charge in [-0.15, -0.1) is 11.3 Å². The highest BCUT2D eigenvalue weighted by Crippen LogP contribution is 2.33. The highest BCUT2D eigenvalue weighted by atomic mass is 33.1. The first-order valence-electron chi connectivity index (χ1n) is 27.9. The summed E-state index contributed by atoms with van der Waals surface area (Å²) < 4.78 is 0. The molecule has 3 saturated heterocycles. The first-order valence-corrected chi connectivity index (χ1v) is 32.3. The average Bonchev–Trinajstić information content (AvgIpc) is 4.49. The first kappa shape index (κ1) is 63.5. The van der Waals surface area contributed by atoms with Gasteiger partial charge in [-0.1, -0.05) is 96.3 Å². The van der Waals surface area contributed by atoms with E-state index >= 15 is 0 Å². The smallest absolute Gasteiger partial charge is 0.315 e. The number of hydrogen-bond acceptors (Lipinski definition) is 15. The Balaban J connectivity index is 1.17. The number of carbonyl (C=O) groups excluding carboxylic acids is 9. The molecular weight excluding hydrogens is 1140 g/mol. The number of fused-ring (bicyclic) bond motifs is 2. The number of nitrogens with two attached hydrogens (primary N) is 3. The third kappa shape index (κ3) is 19.5. The fraction of sp³-hybridized carbons (Fsp3) is 0.509. The molecule has 2 aromatic carbocycles. The zero-order valence-corrected chi connectivity index (χ0v) is 49.5. The Kier molecular flexibility index (Phi) is 24.6. The molecule has 0 radical (unpaired) electrons. The van der Waals surface area contributed by atoms with Gasteiger partial charge in [-0.2, -0.15) is 11.8 Å². The number of nitrogens with zero attached hydrogens (tertiary/aromatic N) is 3. The van der Waals surface area contributed by atoms with E-state index in [1.54, 1.807) is 60.0 Å². The van der Waals surface area contributed by atoms with Crippen LogP contribution in [0.5, 0.6) is 0 Å². The average molecular weight is 1220 g/mol. The maximum absolute atomic E-state index is 14.9. The molecule has 0 spiro atoms. The van der Waals surface area contributed by atoms with Crippen LogP contribution >= 0.6 is 44.7 Å². The van der Waals surface area contributed by atoms with Crippen LogP contribution in [0, 0.1) is 0 Å². The molecule has 3 fully saturated rings. The Morgan fingerprint density at radius 1 is 0.771 bits per heavy atom. The number of nitrogens with one attached hydrogen (secondary N) is 9. The predicted octanol–water partition coefficient (Wildman–Crippen LogP) is 1.24. The highest BCUT2D eigenvalue weighted by Gasteiger charge is 2.43. The molecule has 2 aromatic heterocycles. The molecule has 4 aromatic rings. The highest BCUT2D eigenvalue weighted by molar-refractivity contribution is 8.76. The lowest BCUT2D eigenvalue weighted by Gasteiger charge is -2.30. The number of primary amides is 1. The van der Waals surface area contributed by atoms with Crippen LogP contribution < -0.4 is 59.7 Å². The number of aliphatic imine (C=N–C) groups is 1. The van der Waals surface area contributed by atoms with Crippen LogP contribution in [0.1, 0.15) is 80.7 Å². The fourth-order valence-electron chi connectivity index (χ4n) is 10.1. The number of thiazole rings is 1. The van der Waals surface area contributed by atoms with Gasteiger partial charge in [0, 0.05) is 89.5 Å². The number of guanidine groups is 1. The van der Waals surface area contributed by atoms with Crippen molar-refractivity contribution in [2.45, 2.75) is 138 Å². The molecule has 3 aliphatic rings. The van der Waals surface area contributed by atoms with Crippen LogP contribution in [0.2, 0.25) is 0 Å². The Morgan fingerprint density at radius 3 is 2.24 bits per heavy atom. The lowest BCUT2D eigenvalue weighted by Crippen LogP contribution is -2.61. The van der Waals surface area contributed by atoms with Crippen molar-refractivity contribution in [1.29, 1.82) is 0 Å². The van der Waals surface area contributed by atoms with Gasteiger partial charge in [-0.25, -0.2) is 4.79 Å². The van der Waals surface area contributed by atoms with Gasteiger partial charge in [0.25, 0.3) is 0 Å². The SMILES string of the molecule is CCCC[C@H](NC(=O)CCCC[C@@H]1SC[C@@H]2NC(=O)N[C@@H]21)C(=O)N[C@H]1CSSCCN(CC(N)=O)C(=O)[C@H](Cc2c[nH]c3ccccc23)NC(=O)[C@H](CCCN=C(N)N)NC(=O)[C@@H](Cc2ccccc2)NC(=O)[C@H](Cc2cncs2)NC1=O. The van der Waals surface area contributed by atoms with Crippen molar-refractivity contribution in [1.82, 2.24) is 57.4 Å². The summed E-state index contributed by atoms with van der Waals surface area (Å²) in [6.45, 7) is 1.49. The fourth-order valence-corrected chi connectivity index (χ4v) is 14.4. The van der Waals surface area contributed by atoms with Gasteiger partial charge in [0.05, 0.1) is 24.1 Å². The molecule has 0 bridgehead atoms. The summed E-state index contributed by atoms with van der Waals surface area (Å²) in [6.07, 6.45) is 7.17. The van der Waals surface area contributed by atoms with E-state index < -0.39 is 84.1 Å². The number of urea groups is 1. The van der Waals surface area contributed by atoms with Crippen molar-refractivity contribution < 1.29 is 43.2 Å². The van der Waals surface area contributed by atoms with E-state index in [-0.39, 0.29) is 105 Å². The minimum Gasteiger partial charge on any atom is -0.370 e. The van der Waals surface area contributed by atoms with Crippen LogP contribution in [0.25, 0.3) is 10.9 Å². The molecule has 24 nitrogen and oxygen atoms in total. The van der Waals surface area contributed by atoms with Gasteiger partial charge in [0.1, 0.15) is 36.3 Å². The largest absolute Gasteiger partial charge is 0.370 e. The standard InChI is InChI=1S/C55H75N15O9S4/c1-2-3-15-37(62-46(72)19-10-9-18-44-47-42(29-80-44)68-55(79)69-47)48(73)67-43-30-83-82-22-21-70(28-45(56)71)53(78)41(24-33-26-61-36-16-8-7-14-35(33)36)66-49(74)38(17-11-20-60-54(57)58)63-50(75)39(23-32-12-5-4-6-13-32)64-51(76)40(65-52(43)77)25-34-27-59-31-81-34/h4-8,12-14,16,26-27,31,37-44,47,61H,2-3,9-11,15,17-25,28-30H2,1H3,(H2,56,71)(H,62,72)(H,63,75)(H,64,76)(H,65,77)(H,66,74)(H,67,73)(H4,57,58,60)(H2,68,69,79)/t37-,38-,39+,40-,41-,42-,43-,44-,47-/m0/s1. The molecule has 9 atom stereocenters. The van der Waals surface area contributed by atoms with Crippen LogP contribution in [0.3, 0.4) is 0 Å². The van der Waals surface area contributed by atoms with Crippen molar-refractivity contribution in [3.63, 3.8) is 0 Å². The number of hydrogen-bond donors (Lipinski definition) is 12. The third-order valence-corrected chi connectivity index (χ3v) is 19.1. The second-order valence-corrected chi connectivity index (χ2v) is 25.5. The van der Waals surface area contributed by atoms with E-state index in [0.717, 1.165) is 29.5 Å². The summed E-state index contributed by atoms with van der Waals surface area (Å²) >= 11 is 3.04. The van der Waals surface area contributed by atoms with Crippen molar-refractivity contribution in [2.24, 2.45) is 22.2 Å². The number of carbonyl (C=O) groups is 9. The number of aromatic amines is 1. The summed E-state index contributed by atoms with van der Waals surface area (Å²) in [7, 11) is 2.44. The quantitative estimate of drug-likeness (QED) is 0.0163. The summed E-state index contributed by atoms with van der Waals surface area (Å²) in [5.74, 6) is -4.61. The van der Waals surface area contributed by atoms with Crippen molar-refractivity contribution in [3.05, 3.63) is 88.5 Å². The second-order valence-electron chi connectivity index (χ2n) is 20.6. The van der Waals surface area contributed by atoms with Gasteiger partial charge in [-0.3, -0.25) is 48.3 Å².